The van der Waals surface area contributed by atoms with Gasteiger partial charge in [-0.3, -0.25) is 4.79 Å². The summed E-state index contributed by atoms with van der Waals surface area (Å²) in [6, 6.07) is -0.677. The first kappa shape index (κ1) is 68.3. The van der Waals surface area contributed by atoms with Gasteiger partial charge in [0, 0.05) is 6.42 Å². The number of carbonyl (C=O) groups excluding carboxylic acids is 1. The van der Waals surface area contributed by atoms with Crippen LogP contribution in [0.4, 0.5) is 0 Å². The van der Waals surface area contributed by atoms with Crippen molar-refractivity contribution in [3.8, 4) is 0 Å². The quantitative estimate of drug-likeness (QED) is 0.0420. The van der Waals surface area contributed by atoms with Gasteiger partial charge in [0.15, 0.2) is 0 Å². The van der Waals surface area contributed by atoms with Crippen LogP contribution in [-0.2, 0) is 4.79 Å². The second kappa shape index (κ2) is 61.6. The van der Waals surface area contributed by atoms with E-state index in [9.17, 15) is 15.0 Å². The number of hydrogen-bond acceptors (Lipinski definition) is 3. The van der Waals surface area contributed by atoms with E-state index in [1.54, 1.807) is 6.08 Å². The molecule has 0 aliphatic rings. The molecule has 0 heterocycles. The summed E-state index contributed by atoms with van der Waals surface area (Å²) in [5.74, 6) is -0.115. The fourth-order valence-electron chi connectivity index (χ4n) is 8.26. The van der Waals surface area contributed by atoms with E-state index in [-0.39, 0.29) is 12.5 Å². The number of nitrogens with one attached hydrogen (secondary N) is 1. The number of amides is 1. The van der Waals surface area contributed by atoms with Gasteiger partial charge in [-0.2, -0.15) is 0 Å². The maximum atomic E-state index is 12.5. The van der Waals surface area contributed by atoms with Crippen molar-refractivity contribution in [2.24, 2.45) is 0 Å². The highest BCUT2D eigenvalue weighted by atomic mass is 16.3. The van der Waals surface area contributed by atoms with Crippen LogP contribution in [0.5, 0.6) is 0 Å². The fourth-order valence-corrected chi connectivity index (χ4v) is 8.26. The molecule has 0 saturated heterocycles. The maximum absolute atomic E-state index is 12.5. The highest BCUT2D eigenvalue weighted by Gasteiger charge is 2.17. The zero-order valence-electron chi connectivity index (χ0n) is 46.9. The normalized spacial score (nSPS) is 13.9. The molecule has 4 nitrogen and oxygen atoms in total. The molecule has 0 bridgehead atoms. The molecule has 0 saturated carbocycles. The molecular weight excluding hydrogens is 879 g/mol. The second-order valence-electron chi connectivity index (χ2n) is 19.7. The highest BCUT2D eigenvalue weighted by molar-refractivity contribution is 5.76. The number of carbonyl (C=O) groups is 1. The third kappa shape index (κ3) is 57.2. The maximum Gasteiger partial charge on any atom is 0.220 e. The van der Waals surface area contributed by atoms with Crippen LogP contribution in [0.25, 0.3) is 0 Å². The smallest absolute Gasteiger partial charge is 0.220 e. The lowest BCUT2D eigenvalue weighted by Gasteiger charge is -2.19. The van der Waals surface area contributed by atoms with Crippen LogP contribution in [0.3, 0.4) is 0 Å². The summed E-state index contributed by atoms with van der Waals surface area (Å²) in [6.07, 6.45) is 97.3. The zero-order chi connectivity index (χ0) is 52.0. The monoisotopic (exact) mass is 992 g/mol. The van der Waals surface area contributed by atoms with Gasteiger partial charge in [-0.15, -0.1) is 0 Å². The molecule has 0 rings (SSSR count). The predicted octanol–water partition coefficient (Wildman–Crippen LogP) is 20.4. The Morgan fingerprint density at radius 3 is 0.972 bits per heavy atom. The molecule has 0 aromatic carbocycles. The lowest BCUT2D eigenvalue weighted by Crippen LogP contribution is -2.45. The van der Waals surface area contributed by atoms with E-state index in [0.29, 0.717) is 6.42 Å². The van der Waals surface area contributed by atoms with Crippen LogP contribution in [0.15, 0.2) is 146 Å². The Balaban J connectivity index is 3.70. The molecule has 0 radical (unpaired) electrons. The number of rotatable bonds is 53. The lowest BCUT2D eigenvalue weighted by molar-refractivity contribution is -0.123. The van der Waals surface area contributed by atoms with Crippen LogP contribution in [0.2, 0.25) is 0 Å². The van der Waals surface area contributed by atoms with Gasteiger partial charge in [-0.25, -0.2) is 0 Å². The Kier molecular flexibility index (Phi) is 58.4. The van der Waals surface area contributed by atoms with Crippen molar-refractivity contribution < 1.29 is 15.0 Å². The Labute approximate surface area is 446 Å². The summed E-state index contributed by atoms with van der Waals surface area (Å²) >= 11 is 0. The molecule has 0 spiro atoms. The van der Waals surface area contributed by atoms with E-state index < -0.39 is 12.1 Å². The van der Waals surface area contributed by atoms with Crippen LogP contribution < -0.4 is 5.32 Å². The molecule has 0 aromatic heterocycles. The summed E-state index contributed by atoms with van der Waals surface area (Å²) in [5, 5.41) is 23.1. The number of unbranched alkanes of at least 4 members (excludes halogenated alkanes) is 24. The lowest BCUT2D eigenvalue weighted by atomic mass is 10.0. The van der Waals surface area contributed by atoms with Crippen molar-refractivity contribution in [2.75, 3.05) is 6.61 Å². The minimum Gasteiger partial charge on any atom is -0.394 e. The summed E-state index contributed by atoms with van der Waals surface area (Å²) in [7, 11) is 0. The number of allylic oxidation sites excluding steroid dienone is 23. The molecule has 0 aromatic rings. The molecule has 1 amide bonds. The van der Waals surface area contributed by atoms with Crippen LogP contribution in [0.1, 0.15) is 258 Å². The first-order valence-electron chi connectivity index (χ1n) is 30.0. The van der Waals surface area contributed by atoms with Gasteiger partial charge in [-0.05, 0) is 116 Å². The van der Waals surface area contributed by atoms with Crippen LogP contribution in [0, 0.1) is 0 Å². The van der Waals surface area contributed by atoms with Gasteiger partial charge in [-0.1, -0.05) is 282 Å². The van der Waals surface area contributed by atoms with Crippen LogP contribution in [-0.4, -0.2) is 34.9 Å². The van der Waals surface area contributed by atoms with E-state index in [1.807, 2.05) is 6.08 Å². The van der Waals surface area contributed by atoms with Crippen molar-refractivity contribution in [1.29, 1.82) is 0 Å². The van der Waals surface area contributed by atoms with Gasteiger partial charge in [0.05, 0.1) is 18.8 Å². The minimum absolute atomic E-state index is 0.115. The van der Waals surface area contributed by atoms with Gasteiger partial charge in [0.1, 0.15) is 0 Å². The average Bonchev–Trinajstić information content (AvgIpc) is 3.39. The van der Waals surface area contributed by atoms with Gasteiger partial charge < -0.3 is 15.5 Å². The molecule has 2 unspecified atom stereocenters. The van der Waals surface area contributed by atoms with Crippen molar-refractivity contribution in [2.45, 2.75) is 270 Å². The largest absolute Gasteiger partial charge is 0.394 e. The van der Waals surface area contributed by atoms with Crippen molar-refractivity contribution in [1.82, 2.24) is 5.32 Å². The van der Waals surface area contributed by atoms with Crippen LogP contribution >= 0.6 is 0 Å². The Morgan fingerprint density at radius 1 is 0.347 bits per heavy atom. The number of aliphatic hydroxyl groups is 2. The molecular formula is C68H113NO3. The third-order valence-electron chi connectivity index (χ3n) is 12.8. The van der Waals surface area contributed by atoms with E-state index in [2.05, 4.69) is 153 Å². The third-order valence-corrected chi connectivity index (χ3v) is 12.8. The summed E-state index contributed by atoms with van der Waals surface area (Å²) < 4.78 is 0. The van der Waals surface area contributed by atoms with Crippen molar-refractivity contribution in [3.05, 3.63) is 146 Å². The van der Waals surface area contributed by atoms with Gasteiger partial charge in [0.25, 0.3) is 0 Å². The van der Waals surface area contributed by atoms with E-state index in [0.717, 1.165) is 109 Å². The Morgan fingerprint density at radius 2 is 0.625 bits per heavy atom. The minimum atomic E-state index is -0.898. The summed E-state index contributed by atoms with van der Waals surface area (Å²) in [5.41, 5.74) is 0. The molecule has 0 fully saturated rings. The predicted molar refractivity (Wildman–Crippen MR) is 321 cm³/mol. The van der Waals surface area contributed by atoms with Crippen molar-refractivity contribution in [3.63, 3.8) is 0 Å². The van der Waals surface area contributed by atoms with E-state index in [1.165, 1.54) is 128 Å². The molecule has 3 N–H and O–H groups in total. The SMILES string of the molecule is CC/C=C\C/C=C\C/C=C\C/C=C\C/C=C\C/C=C\C/C=C\C/C=C\C/C=C\CCCCCC(=O)NC(CO)C(O)/C=C/CC/C=C/CC/C=C/CCCCCCCCCCCCCCCCCCCCC. The van der Waals surface area contributed by atoms with Gasteiger partial charge in [0.2, 0.25) is 5.91 Å². The number of aliphatic hydroxyl groups excluding tert-OH is 2. The molecule has 0 aliphatic carbocycles. The average molecular weight is 993 g/mol. The Bertz CT molecular complexity index is 1500. The number of hydrogen-bond donors (Lipinski definition) is 3. The van der Waals surface area contributed by atoms with E-state index >= 15 is 0 Å². The summed E-state index contributed by atoms with van der Waals surface area (Å²) in [4.78, 5) is 12.5. The fraction of sp³-hybridized carbons (Fsp3) is 0.632. The summed E-state index contributed by atoms with van der Waals surface area (Å²) in [6.45, 7) is 4.17. The molecule has 2 atom stereocenters. The van der Waals surface area contributed by atoms with Crippen molar-refractivity contribution >= 4 is 5.91 Å². The topological polar surface area (TPSA) is 69.6 Å². The first-order valence-corrected chi connectivity index (χ1v) is 30.0. The standard InChI is InChI=1S/C68H113NO3/c1-3-5-7-9-11-13-15-17-19-21-23-25-27-29-31-33-34-36-38-40-42-44-46-48-50-52-54-56-58-60-62-64-68(72)69-66(65-70)67(71)63-61-59-57-55-53-51-49-47-45-43-41-39-37-35-32-30-28-26-24-22-20-18-16-14-12-10-8-6-4-2/h5,7,11,13,17,19,23,25,29,31,34,36,40,42,45-48,52-55,61,63,66-67,70-71H,3-4,6,8-10,12,14-16,18,20-22,24,26-28,30,32-33,35,37-39,41,43-44,49-51,56-60,62,64-65H2,1-2H3,(H,69,72)/b7-5-,13-11-,19-17-,25-23-,31-29-,36-34-,42-40-,47-45+,48-46-,54-52-,55-53+,63-61+. The second-order valence-corrected chi connectivity index (χ2v) is 19.7. The Hall–Kier alpha value is -3.73. The molecule has 0 aliphatic heterocycles. The van der Waals surface area contributed by atoms with E-state index in [4.69, 9.17) is 0 Å². The zero-order valence-corrected chi connectivity index (χ0v) is 46.9. The molecule has 4 heteroatoms. The van der Waals surface area contributed by atoms with Gasteiger partial charge >= 0.3 is 0 Å². The first-order chi connectivity index (χ1) is 35.7. The highest BCUT2D eigenvalue weighted by Crippen LogP contribution is 2.15. The molecule has 408 valence electrons. The molecule has 72 heavy (non-hydrogen) atoms.